The van der Waals surface area contributed by atoms with E-state index in [1.165, 1.54) is 27.3 Å². The van der Waals surface area contributed by atoms with Gasteiger partial charge in [-0.3, -0.25) is 9.69 Å². The van der Waals surface area contributed by atoms with Crippen LogP contribution in [0.1, 0.15) is 27.9 Å². The van der Waals surface area contributed by atoms with E-state index in [2.05, 4.69) is 107 Å². The van der Waals surface area contributed by atoms with Gasteiger partial charge in [-0.05, 0) is 52.1 Å². The highest BCUT2D eigenvalue weighted by molar-refractivity contribution is 6.11. The zero-order valence-corrected chi connectivity index (χ0v) is 22.2. The summed E-state index contributed by atoms with van der Waals surface area (Å²) in [7, 11) is 0. The topological polar surface area (TPSA) is 39.3 Å². The van der Waals surface area contributed by atoms with Crippen molar-refractivity contribution in [3.8, 4) is 0 Å². The summed E-state index contributed by atoms with van der Waals surface area (Å²) in [5.41, 5.74) is 6.83. The second-order valence-corrected chi connectivity index (χ2v) is 11.0. The summed E-state index contributed by atoms with van der Waals surface area (Å²) in [6.07, 6.45) is 0.892. The first kappa shape index (κ1) is 23.2. The third kappa shape index (κ3) is 3.33. The minimum absolute atomic E-state index is 0.117. The normalized spacial score (nSPS) is 18.5. The minimum Gasteiger partial charge on any atom is -0.356 e. The maximum atomic E-state index is 15.1. The molecule has 1 atom stereocenters. The summed E-state index contributed by atoms with van der Waals surface area (Å²) < 4.78 is 0. The van der Waals surface area contributed by atoms with Gasteiger partial charge in [0, 0.05) is 29.6 Å². The predicted molar refractivity (Wildman–Crippen MR) is 161 cm³/mol. The summed E-state index contributed by atoms with van der Waals surface area (Å²) in [5, 5.41) is 3.67. The fourth-order valence-corrected chi connectivity index (χ4v) is 7.00. The van der Waals surface area contributed by atoms with E-state index in [1.807, 2.05) is 29.2 Å². The summed E-state index contributed by atoms with van der Waals surface area (Å²) in [4.78, 5) is 23.2. The van der Waals surface area contributed by atoms with Crippen molar-refractivity contribution < 1.29 is 4.79 Å². The second-order valence-electron chi connectivity index (χ2n) is 11.0. The Hall–Kier alpha value is -4.67. The van der Waals surface area contributed by atoms with Crippen molar-refractivity contribution in [3.05, 3.63) is 149 Å². The van der Waals surface area contributed by atoms with Crippen molar-refractivity contribution in [3.63, 3.8) is 0 Å². The van der Waals surface area contributed by atoms with Crippen LogP contribution in [0.5, 0.6) is 0 Å². The van der Waals surface area contributed by atoms with Gasteiger partial charge in [0.15, 0.2) is 5.54 Å². The van der Waals surface area contributed by atoms with Crippen molar-refractivity contribution in [1.82, 2.24) is 9.88 Å². The molecular weight excluding hydrogens is 490 g/mol. The van der Waals surface area contributed by atoms with E-state index in [0.29, 0.717) is 13.1 Å². The number of nitrogens with one attached hydrogen (secondary N) is 1. The van der Waals surface area contributed by atoms with E-state index in [9.17, 15) is 0 Å². The molecule has 8 rings (SSSR count). The number of rotatable bonds is 4. The van der Waals surface area contributed by atoms with Crippen LogP contribution < -0.4 is 4.90 Å². The monoisotopic (exact) mass is 519 g/mol. The Bertz CT molecular complexity index is 1910. The Morgan fingerprint density at radius 3 is 2.35 bits per heavy atom. The molecule has 4 nitrogen and oxygen atoms in total. The molecule has 0 bridgehead atoms. The molecule has 1 aromatic heterocycles. The number of nitrogens with zero attached hydrogens (tertiary/aromatic N) is 2. The minimum atomic E-state index is -0.927. The van der Waals surface area contributed by atoms with Gasteiger partial charge < -0.3 is 9.88 Å². The summed E-state index contributed by atoms with van der Waals surface area (Å²) in [5.74, 6) is 0.117. The molecule has 2 aliphatic rings. The molecule has 2 aliphatic heterocycles. The highest BCUT2D eigenvalue weighted by atomic mass is 16.2. The SMILES string of the molecule is O=C1N(Cc2ccccc2)c2ccccc2[C@]12c1[nH]c3ccccc3c1CCN2Cc1ccc2ccccc2c1. The molecule has 5 aromatic carbocycles. The largest absolute Gasteiger partial charge is 0.356 e. The van der Waals surface area contributed by atoms with Crippen LogP contribution in [0, 0.1) is 0 Å². The van der Waals surface area contributed by atoms with Gasteiger partial charge in [0.2, 0.25) is 0 Å². The number of aromatic nitrogens is 1. The Morgan fingerprint density at radius 1 is 0.700 bits per heavy atom. The molecule has 1 amide bonds. The smallest absolute Gasteiger partial charge is 0.258 e. The fourth-order valence-electron chi connectivity index (χ4n) is 7.00. The third-order valence-electron chi connectivity index (χ3n) is 8.79. The first-order valence-electron chi connectivity index (χ1n) is 14.0. The second kappa shape index (κ2) is 8.94. The van der Waals surface area contributed by atoms with Gasteiger partial charge in [0.05, 0.1) is 17.9 Å². The molecule has 4 heteroatoms. The van der Waals surface area contributed by atoms with Gasteiger partial charge in [-0.2, -0.15) is 0 Å². The number of carbonyl (C=O) groups excluding carboxylic acids is 1. The number of H-pyrrole nitrogens is 1. The van der Waals surface area contributed by atoms with Crippen LogP contribution in [0.3, 0.4) is 0 Å². The summed E-state index contributed by atoms with van der Waals surface area (Å²) in [6, 6.07) is 42.3. The molecule has 1 spiro atoms. The Labute approximate surface area is 233 Å². The number of para-hydroxylation sites is 2. The number of aromatic amines is 1. The van der Waals surface area contributed by atoms with Crippen LogP contribution in [0.15, 0.2) is 121 Å². The number of carbonyl (C=O) groups is 1. The van der Waals surface area contributed by atoms with Gasteiger partial charge in [-0.25, -0.2) is 0 Å². The van der Waals surface area contributed by atoms with Gasteiger partial charge in [-0.1, -0.05) is 103 Å². The van der Waals surface area contributed by atoms with Crippen molar-refractivity contribution in [2.75, 3.05) is 11.4 Å². The van der Waals surface area contributed by atoms with Gasteiger partial charge in [-0.15, -0.1) is 0 Å². The maximum Gasteiger partial charge on any atom is 0.258 e. The highest BCUT2D eigenvalue weighted by Crippen LogP contribution is 2.52. The van der Waals surface area contributed by atoms with E-state index in [1.54, 1.807) is 0 Å². The van der Waals surface area contributed by atoms with Gasteiger partial charge in [0.25, 0.3) is 5.91 Å². The predicted octanol–water partition coefficient (Wildman–Crippen LogP) is 7.17. The van der Waals surface area contributed by atoms with Crippen molar-refractivity contribution in [1.29, 1.82) is 0 Å². The molecular formula is C36H29N3O. The van der Waals surface area contributed by atoms with Crippen LogP contribution in [-0.4, -0.2) is 22.3 Å². The maximum absolute atomic E-state index is 15.1. The zero-order valence-electron chi connectivity index (χ0n) is 22.2. The standard InChI is InChI=1S/C36H29N3O/c40-35-36(31-15-7-9-17-33(31)39(35)24-25-10-2-1-3-11-25)34-30(29-14-6-8-16-32(29)37-34)20-21-38(36)23-26-18-19-27-12-4-5-13-28(27)22-26/h1-19,22,37H,20-21,23-24H2/t36-/m0/s1. The number of benzene rings is 5. The van der Waals surface area contributed by atoms with Crippen molar-refractivity contribution >= 4 is 33.3 Å². The van der Waals surface area contributed by atoms with Gasteiger partial charge in [0.1, 0.15) is 0 Å². The number of fused-ring (bicyclic) bond motifs is 7. The van der Waals surface area contributed by atoms with Crippen molar-refractivity contribution in [2.24, 2.45) is 0 Å². The van der Waals surface area contributed by atoms with E-state index < -0.39 is 5.54 Å². The fraction of sp³-hybridized carbons (Fsp3) is 0.139. The first-order valence-corrected chi connectivity index (χ1v) is 14.0. The average Bonchev–Trinajstić information content (AvgIpc) is 3.50. The van der Waals surface area contributed by atoms with E-state index in [4.69, 9.17) is 0 Å². The number of hydrogen-bond acceptors (Lipinski definition) is 2. The number of amides is 1. The van der Waals surface area contributed by atoms with Crippen LogP contribution in [0.4, 0.5) is 5.69 Å². The van der Waals surface area contributed by atoms with Crippen LogP contribution >= 0.6 is 0 Å². The quantitative estimate of drug-likeness (QED) is 0.268. The van der Waals surface area contributed by atoms with E-state index >= 15 is 4.79 Å². The van der Waals surface area contributed by atoms with Crippen molar-refractivity contribution in [2.45, 2.75) is 25.0 Å². The lowest BCUT2D eigenvalue weighted by molar-refractivity contribution is -0.129. The molecule has 0 saturated carbocycles. The molecule has 0 saturated heterocycles. The molecule has 1 N–H and O–H groups in total. The first-order chi connectivity index (χ1) is 19.7. The van der Waals surface area contributed by atoms with Crippen LogP contribution in [0.25, 0.3) is 21.7 Å². The van der Waals surface area contributed by atoms with E-state index in [-0.39, 0.29) is 5.91 Å². The zero-order chi connectivity index (χ0) is 26.7. The lowest BCUT2D eigenvalue weighted by Gasteiger charge is -2.43. The molecule has 0 aliphatic carbocycles. The molecule has 3 heterocycles. The Balaban J connectivity index is 1.33. The number of anilines is 1. The summed E-state index contributed by atoms with van der Waals surface area (Å²) in [6.45, 7) is 2.01. The molecule has 0 unspecified atom stereocenters. The van der Waals surface area contributed by atoms with Crippen LogP contribution in [-0.2, 0) is 29.8 Å². The molecule has 0 radical (unpaired) electrons. The molecule has 40 heavy (non-hydrogen) atoms. The van der Waals surface area contributed by atoms with Gasteiger partial charge >= 0.3 is 0 Å². The number of hydrogen-bond donors (Lipinski definition) is 1. The van der Waals surface area contributed by atoms with E-state index in [0.717, 1.165) is 41.0 Å². The lowest BCUT2D eigenvalue weighted by atomic mass is 9.79. The third-order valence-corrected chi connectivity index (χ3v) is 8.79. The highest BCUT2D eigenvalue weighted by Gasteiger charge is 2.59. The Kier molecular flexibility index (Phi) is 5.19. The van der Waals surface area contributed by atoms with Crippen LogP contribution in [0.2, 0.25) is 0 Å². The molecule has 0 fully saturated rings. The summed E-state index contributed by atoms with van der Waals surface area (Å²) >= 11 is 0. The average molecular weight is 520 g/mol. The lowest BCUT2D eigenvalue weighted by Crippen LogP contribution is -2.56. The molecule has 194 valence electrons. The molecule has 6 aromatic rings. The Morgan fingerprint density at radius 2 is 1.45 bits per heavy atom.